The lowest BCUT2D eigenvalue weighted by Crippen LogP contribution is -2.49. The maximum atomic E-state index is 12.4. The van der Waals surface area contributed by atoms with E-state index in [2.05, 4.69) is 9.88 Å². The Balaban J connectivity index is 1.46. The zero-order valence-corrected chi connectivity index (χ0v) is 13.1. The van der Waals surface area contributed by atoms with Gasteiger partial charge in [-0.25, -0.2) is 0 Å². The fraction of sp³-hybridized carbons (Fsp3) is 0.647. The molecule has 5 nitrogen and oxygen atoms in total. The monoisotopic (exact) mass is 303 g/mol. The topological polar surface area (TPSA) is 56.7 Å². The Morgan fingerprint density at radius 1 is 1.14 bits per heavy atom. The van der Waals surface area contributed by atoms with E-state index < -0.39 is 5.60 Å². The maximum Gasteiger partial charge on any atom is 0.225 e. The van der Waals surface area contributed by atoms with Gasteiger partial charge in [0.15, 0.2) is 0 Å². The smallest absolute Gasteiger partial charge is 0.225 e. The molecule has 5 heteroatoms. The van der Waals surface area contributed by atoms with E-state index in [1.165, 1.54) is 5.56 Å². The summed E-state index contributed by atoms with van der Waals surface area (Å²) in [6, 6.07) is 4.07. The van der Waals surface area contributed by atoms with E-state index in [9.17, 15) is 9.90 Å². The fourth-order valence-corrected chi connectivity index (χ4v) is 3.50. The Hall–Kier alpha value is -1.46. The van der Waals surface area contributed by atoms with Gasteiger partial charge in [0.1, 0.15) is 0 Å². The van der Waals surface area contributed by atoms with Crippen LogP contribution in [0.5, 0.6) is 0 Å². The van der Waals surface area contributed by atoms with Gasteiger partial charge >= 0.3 is 0 Å². The first-order valence-electron chi connectivity index (χ1n) is 8.26. The predicted molar refractivity (Wildman–Crippen MR) is 84.1 cm³/mol. The molecule has 1 N–H and O–H groups in total. The molecule has 1 aromatic rings. The third kappa shape index (κ3) is 3.84. The van der Waals surface area contributed by atoms with Gasteiger partial charge in [0.25, 0.3) is 0 Å². The third-order valence-electron chi connectivity index (χ3n) is 4.90. The molecular weight excluding hydrogens is 278 g/mol. The Kier molecular flexibility index (Phi) is 4.74. The zero-order valence-electron chi connectivity index (χ0n) is 13.1. The van der Waals surface area contributed by atoms with Crippen molar-refractivity contribution in [2.45, 2.75) is 44.2 Å². The quantitative estimate of drug-likeness (QED) is 0.914. The van der Waals surface area contributed by atoms with Crippen molar-refractivity contribution in [3.05, 3.63) is 30.1 Å². The highest BCUT2D eigenvalue weighted by Gasteiger charge is 2.35. The van der Waals surface area contributed by atoms with E-state index in [0.717, 1.165) is 58.4 Å². The second-order valence-corrected chi connectivity index (χ2v) is 6.62. The summed E-state index contributed by atoms with van der Waals surface area (Å²) in [6.45, 7) is 4.23. The van der Waals surface area contributed by atoms with Crippen molar-refractivity contribution >= 4 is 5.91 Å². The molecule has 1 amide bonds. The van der Waals surface area contributed by atoms with Gasteiger partial charge in [-0.15, -0.1) is 0 Å². The number of carbonyl (C=O) groups excluding carboxylic acids is 1. The number of carbonyl (C=O) groups is 1. The van der Waals surface area contributed by atoms with Crippen LogP contribution in [0.1, 0.15) is 37.7 Å². The largest absolute Gasteiger partial charge is 0.389 e. The van der Waals surface area contributed by atoms with Gasteiger partial charge in [0, 0.05) is 45.1 Å². The minimum Gasteiger partial charge on any atom is -0.389 e. The van der Waals surface area contributed by atoms with Crippen molar-refractivity contribution in [2.75, 3.05) is 26.2 Å². The summed E-state index contributed by atoms with van der Waals surface area (Å²) in [5.41, 5.74) is 0.528. The lowest BCUT2D eigenvalue weighted by Gasteiger charge is -2.36. The molecule has 22 heavy (non-hydrogen) atoms. The lowest BCUT2D eigenvalue weighted by atomic mass is 9.97. The van der Waals surface area contributed by atoms with Gasteiger partial charge in [-0.3, -0.25) is 14.7 Å². The summed E-state index contributed by atoms with van der Waals surface area (Å²) in [7, 11) is 0. The highest BCUT2D eigenvalue weighted by molar-refractivity contribution is 5.77. The standard InChI is InChI=1S/C17H25N3O2/c21-16(13-17(22)5-1-2-6-17)20-11-9-19(10-12-20)14-15-3-7-18-8-4-15/h3-4,7-8,22H,1-2,5-6,9-14H2. The van der Waals surface area contributed by atoms with Crippen molar-refractivity contribution in [3.63, 3.8) is 0 Å². The van der Waals surface area contributed by atoms with Crippen molar-refractivity contribution < 1.29 is 9.90 Å². The Morgan fingerprint density at radius 2 is 1.77 bits per heavy atom. The number of hydrogen-bond donors (Lipinski definition) is 1. The Morgan fingerprint density at radius 3 is 2.41 bits per heavy atom. The van der Waals surface area contributed by atoms with E-state index in [1.807, 2.05) is 29.4 Å². The first-order chi connectivity index (χ1) is 10.6. The van der Waals surface area contributed by atoms with Crippen LogP contribution in [0.15, 0.2) is 24.5 Å². The van der Waals surface area contributed by atoms with Crippen LogP contribution in [0, 0.1) is 0 Å². The summed E-state index contributed by atoms with van der Waals surface area (Å²) in [5, 5.41) is 10.4. The van der Waals surface area contributed by atoms with Crippen molar-refractivity contribution in [2.24, 2.45) is 0 Å². The minimum atomic E-state index is -0.731. The van der Waals surface area contributed by atoms with Crippen LogP contribution in [0.4, 0.5) is 0 Å². The van der Waals surface area contributed by atoms with E-state index in [0.29, 0.717) is 6.42 Å². The van der Waals surface area contributed by atoms with Crippen molar-refractivity contribution in [1.82, 2.24) is 14.8 Å². The van der Waals surface area contributed by atoms with E-state index in [4.69, 9.17) is 0 Å². The molecule has 1 aromatic heterocycles. The van der Waals surface area contributed by atoms with Crippen molar-refractivity contribution in [3.8, 4) is 0 Å². The van der Waals surface area contributed by atoms with Gasteiger partial charge in [-0.2, -0.15) is 0 Å². The van der Waals surface area contributed by atoms with Gasteiger partial charge in [0.2, 0.25) is 5.91 Å². The highest BCUT2D eigenvalue weighted by atomic mass is 16.3. The second-order valence-electron chi connectivity index (χ2n) is 6.62. The molecule has 3 rings (SSSR count). The van der Waals surface area contributed by atoms with Gasteiger partial charge in [0.05, 0.1) is 12.0 Å². The molecule has 0 atom stereocenters. The normalized spacial score (nSPS) is 22.0. The number of aromatic nitrogens is 1. The van der Waals surface area contributed by atoms with Crippen LogP contribution in [-0.4, -0.2) is 57.6 Å². The Bertz CT molecular complexity index is 492. The first kappa shape index (κ1) is 15.4. The second kappa shape index (κ2) is 6.75. The third-order valence-corrected chi connectivity index (χ3v) is 4.90. The van der Waals surface area contributed by atoms with Crippen LogP contribution in [-0.2, 0) is 11.3 Å². The number of rotatable bonds is 4. The minimum absolute atomic E-state index is 0.118. The number of hydrogen-bond acceptors (Lipinski definition) is 4. The molecule has 1 aliphatic heterocycles. The molecule has 2 fully saturated rings. The molecule has 0 radical (unpaired) electrons. The van der Waals surface area contributed by atoms with E-state index >= 15 is 0 Å². The van der Waals surface area contributed by atoms with Crippen LogP contribution in [0.3, 0.4) is 0 Å². The molecule has 1 saturated carbocycles. The molecule has 120 valence electrons. The SMILES string of the molecule is O=C(CC1(O)CCCC1)N1CCN(Cc2ccncc2)CC1. The number of amides is 1. The molecule has 1 saturated heterocycles. The van der Waals surface area contributed by atoms with Crippen LogP contribution >= 0.6 is 0 Å². The average Bonchev–Trinajstić information content (AvgIpc) is 2.95. The zero-order chi connectivity index (χ0) is 15.4. The molecule has 0 bridgehead atoms. The van der Waals surface area contributed by atoms with Crippen LogP contribution in [0.25, 0.3) is 0 Å². The molecule has 0 aromatic carbocycles. The van der Waals surface area contributed by atoms with Gasteiger partial charge < -0.3 is 10.0 Å². The first-order valence-corrected chi connectivity index (χ1v) is 8.26. The number of piperazine rings is 1. The average molecular weight is 303 g/mol. The predicted octanol–water partition coefficient (Wildman–Crippen LogP) is 1.42. The van der Waals surface area contributed by atoms with Gasteiger partial charge in [-0.05, 0) is 30.5 Å². The summed E-state index contributed by atoms with van der Waals surface area (Å²) >= 11 is 0. The summed E-state index contributed by atoms with van der Waals surface area (Å²) in [6.07, 6.45) is 7.58. The fourth-order valence-electron chi connectivity index (χ4n) is 3.50. The maximum absolute atomic E-state index is 12.4. The number of pyridine rings is 1. The van der Waals surface area contributed by atoms with Crippen LogP contribution < -0.4 is 0 Å². The molecule has 0 spiro atoms. The summed E-state index contributed by atoms with van der Waals surface area (Å²) in [4.78, 5) is 20.7. The number of nitrogens with zero attached hydrogens (tertiary/aromatic N) is 3. The Labute approximate surface area is 131 Å². The molecular formula is C17H25N3O2. The molecule has 2 aliphatic rings. The van der Waals surface area contributed by atoms with Gasteiger partial charge in [-0.1, -0.05) is 12.8 Å². The van der Waals surface area contributed by atoms with E-state index in [-0.39, 0.29) is 5.91 Å². The summed E-state index contributed by atoms with van der Waals surface area (Å²) < 4.78 is 0. The highest BCUT2D eigenvalue weighted by Crippen LogP contribution is 2.32. The van der Waals surface area contributed by atoms with Crippen LogP contribution in [0.2, 0.25) is 0 Å². The molecule has 0 unspecified atom stereocenters. The lowest BCUT2D eigenvalue weighted by molar-refractivity contribution is -0.138. The summed E-state index contributed by atoms with van der Waals surface area (Å²) in [5.74, 6) is 0.118. The molecule has 1 aliphatic carbocycles. The van der Waals surface area contributed by atoms with E-state index in [1.54, 1.807) is 0 Å². The number of aliphatic hydroxyl groups is 1. The molecule has 2 heterocycles. The van der Waals surface area contributed by atoms with Crippen molar-refractivity contribution in [1.29, 1.82) is 0 Å².